The summed E-state index contributed by atoms with van der Waals surface area (Å²) in [5.41, 5.74) is 3.05. The molecule has 0 bridgehead atoms. The van der Waals surface area contributed by atoms with Gasteiger partial charge in [-0.25, -0.2) is 5.01 Å². The van der Waals surface area contributed by atoms with Gasteiger partial charge in [-0.2, -0.15) is 0 Å². The summed E-state index contributed by atoms with van der Waals surface area (Å²) in [6, 6.07) is 1.51. The molecule has 1 aliphatic heterocycles. The van der Waals surface area contributed by atoms with Crippen LogP contribution in [0.3, 0.4) is 0 Å². The number of piperidine rings is 1. The first-order valence-electron chi connectivity index (χ1n) is 5.46. The first-order chi connectivity index (χ1) is 7.77. The van der Waals surface area contributed by atoms with E-state index < -0.39 is 0 Å². The minimum absolute atomic E-state index is 0.0861. The normalized spacial score (nSPS) is 17.0. The number of amides is 1. The zero-order chi connectivity index (χ0) is 11.4. The second-order valence-electron chi connectivity index (χ2n) is 3.88. The highest BCUT2D eigenvalue weighted by Gasteiger charge is 2.16. The van der Waals surface area contributed by atoms with E-state index in [1.165, 1.54) is 24.9 Å². The number of pyridine rings is 1. The van der Waals surface area contributed by atoms with Crippen LogP contribution in [0.4, 0.5) is 0 Å². The largest absolute Gasteiger partial charge is 0.505 e. The number of aromatic hydroxyl groups is 1. The van der Waals surface area contributed by atoms with E-state index in [2.05, 4.69) is 10.4 Å². The molecule has 1 aromatic rings. The van der Waals surface area contributed by atoms with Crippen molar-refractivity contribution in [3.8, 4) is 5.75 Å². The van der Waals surface area contributed by atoms with Gasteiger partial charge in [0.1, 0.15) is 5.75 Å². The molecule has 1 aromatic heterocycles. The summed E-state index contributed by atoms with van der Waals surface area (Å²) in [5, 5.41) is 11.4. The first kappa shape index (κ1) is 10.9. The number of carbonyl (C=O) groups is 1. The molecule has 0 aromatic carbocycles. The van der Waals surface area contributed by atoms with Gasteiger partial charge in [0.15, 0.2) is 0 Å². The van der Waals surface area contributed by atoms with Gasteiger partial charge in [0.2, 0.25) is 0 Å². The predicted molar refractivity (Wildman–Crippen MR) is 58.8 cm³/mol. The topological polar surface area (TPSA) is 65.5 Å². The SMILES string of the molecule is O=C(NN1CCCCC1)c1ccncc1O. The maximum atomic E-state index is 11.8. The molecule has 16 heavy (non-hydrogen) atoms. The molecule has 0 saturated carbocycles. The molecule has 0 aliphatic carbocycles. The molecule has 1 fully saturated rings. The summed E-state index contributed by atoms with van der Waals surface area (Å²) in [4.78, 5) is 15.5. The Kier molecular flexibility index (Phi) is 3.36. The Morgan fingerprint density at radius 1 is 1.38 bits per heavy atom. The van der Waals surface area contributed by atoms with E-state index in [-0.39, 0.29) is 17.2 Å². The van der Waals surface area contributed by atoms with Crippen molar-refractivity contribution in [2.75, 3.05) is 13.1 Å². The van der Waals surface area contributed by atoms with Crippen molar-refractivity contribution >= 4 is 5.91 Å². The lowest BCUT2D eigenvalue weighted by molar-refractivity contribution is 0.0747. The molecular weight excluding hydrogens is 206 g/mol. The number of hydrogen-bond acceptors (Lipinski definition) is 4. The van der Waals surface area contributed by atoms with Gasteiger partial charge in [0.05, 0.1) is 11.8 Å². The van der Waals surface area contributed by atoms with Crippen molar-refractivity contribution in [3.63, 3.8) is 0 Å². The van der Waals surface area contributed by atoms with Gasteiger partial charge in [-0.1, -0.05) is 6.42 Å². The third-order valence-corrected chi connectivity index (χ3v) is 2.66. The molecule has 2 N–H and O–H groups in total. The molecule has 0 unspecified atom stereocenters. The Balaban J connectivity index is 2.00. The highest BCUT2D eigenvalue weighted by Crippen LogP contribution is 2.14. The molecule has 86 valence electrons. The lowest BCUT2D eigenvalue weighted by Crippen LogP contribution is -2.45. The molecule has 1 aliphatic rings. The van der Waals surface area contributed by atoms with Crippen LogP contribution in [0, 0.1) is 0 Å². The molecule has 0 atom stereocenters. The van der Waals surface area contributed by atoms with Crippen molar-refractivity contribution in [1.82, 2.24) is 15.4 Å². The van der Waals surface area contributed by atoms with E-state index in [4.69, 9.17) is 0 Å². The number of hydrogen-bond donors (Lipinski definition) is 2. The van der Waals surface area contributed by atoms with Crippen molar-refractivity contribution in [1.29, 1.82) is 0 Å². The predicted octanol–water partition coefficient (Wildman–Crippen LogP) is 0.918. The van der Waals surface area contributed by atoms with E-state index >= 15 is 0 Å². The number of aromatic nitrogens is 1. The van der Waals surface area contributed by atoms with Crippen molar-refractivity contribution < 1.29 is 9.90 Å². The third-order valence-electron chi connectivity index (χ3n) is 2.66. The van der Waals surface area contributed by atoms with Crippen molar-refractivity contribution in [2.45, 2.75) is 19.3 Å². The standard InChI is InChI=1S/C11H15N3O2/c15-10-8-12-5-4-9(10)11(16)13-14-6-2-1-3-7-14/h4-5,8,15H,1-3,6-7H2,(H,13,16). The van der Waals surface area contributed by atoms with E-state index in [0.29, 0.717) is 0 Å². The monoisotopic (exact) mass is 221 g/mol. The van der Waals surface area contributed by atoms with Crippen LogP contribution in [-0.2, 0) is 0 Å². The molecule has 2 rings (SSSR count). The fourth-order valence-corrected chi connectivity index (χ4v) is 1.79. The van der Waals surface area contributed by atoms with Crippen LogP contribution in [0.25, 0.3) is 0 Å². The Bertz CT molecular complexity index is 375. The van der Waals surface area contributed by atoms with Gasteiger partial charge in [-0.05, 0) is 18.9 Å². The summed E-state index contributed by atoms with van der Waals surface area (Å²) in [6.07, 6.45) is 6.17. The van der Waals surface area contributed by atoms with Gasteiger partial charge < -0.3 is 5.11 Å². The lowest BCUT2D eigenvalue weighted by atomic mass is 10.2. The minimum atomic E-state index is -0.276. The van der Waals surface area contributed by atoms with Gasteiger partial charge in [-0.15, -0.1) is 0 Å². The Morgan fingerprint density at radius 2 is 2.12 bits per heavy atom. The summed E-state index contributed by atoms with van der Waals surface area (Å²) in [7, 11) is 0. The third kappa shape index (κ3) is 2.49. The van der Waals surface area contributed by atoms with Gasteiger partial charge in [-0.3, -0.25) is 15.2 Å². The molecular formula is C11H15N3O2. The molecule has 2 heterocycles. The quantitative estimate of drug-likeness (QED) is 0.779. The fourth-order valence-electron chi connectivity index (χ4n) is 1.79. The smallest absolute Gasteiger partial charge is 0.269 e. The molecule has 1 saturated heterocycles. The fraction of sp³-hybridized carbons (Fsp3) is 0.455. The van der Waals surface area contributed by atoms with E-state index in [9.17, 15) is 9.90 Å². The average molecular weight is 221 g/mol. The van der Waals surface area contributed by atoms with Crippen LogP contribution in [0.1, 0.15) is 29.6 Å². The first-order valence-corrected chi connectivity index (χ1v) is 5.46. The minimum Gasteiger partial charge on any atom is -0.505 e. The van der Waals surface area contributed by atoms with Crippen molar-refractivity contribution in [2.24, 2.45) is 0 Å². The number of hydrazine groups is 1. The maximum Gasteiger partial charge on any atom is 0.269 e. The second kappa shape index (κ2) is 4.94. The number of nitrogens with zero attached hydrogens (tertiary/aromatic N) is 2. The van der Waals surface area contributed by atoms with Crippen LogP contribution < -0.4 is 5.43 Å². The Morgan fingerprint density at radius 3 is 2.81 bits per heavy atom. The highest BCUT2D eigenvalue weighted by atomic mass is 16.3. The number of carbonyl (C=O) groups excluding carboxylic acids is 1. The highest BCUT2D eigenvalue weighted by molar-refractivity contribution is 5.96. The summed E-state index contributed by atoms with van der Waals surface area (Å²) >= 11 is 0. The number of nitrogens with one attached hydrogen (secondary N) is 1. The van der Waals surface area contributed by atoms with Crippen molar-refractivity contribution in [3.05, 3.63) is 24.0 Å². The van der Waals surface area contributed by atoms with Gasteiger partial charge in [0.25, 0.3) is 5.91 Å². The molecule has 1 amide bonds. The zero-order valence-electron chi connectivity index (χ0n) is 9.02. The molecule has 0 spiro atoms. The van der Waals surface area contributed by atoms with Gasteiger partial charge >= 0.3 is 0 Å². The zero-order valence-corrected chi connectivity index (χ0v) is 9.02. The summed E-state index contributed by atoms with van der Waals surface area (Å²) in [5.74, 6) is -0.362. The van der Waals surface area contributed by atoms with E-state index in [1.54, 1.807) is 0 Å². The maximum absolute atomic E-state index is 11.8. The Hall–Kier alpha value is -1.62. The average Bonchev–Trinajstić information content (AvgIpc) is 2.31. The Labute approximate surface area is 94.1 Å². The van der Waals surface area contributed by atoms with E-state index in [0.717, 1.165) is 25.9 Å². The summed E-state index contributed by atoms with van der Waals surface area (Å²) < 4.78 is 0. The van der Waals surface area contributed by atoms with Crippen LogP contribution >= 0.6 is 0 Å². The van der Waals surface area contributed by atoms with Crippen LogP contribution in [-0.4, -0.2) is 34.1 Å². The molecule has 5 nitrogen and oxygen atoms in total. The van der Waals surface area contributed by atoms with Gasteiger partial charge in [0, 0.05) is 19.3 Å². The lowest BCUT2D eigenvalue weighted by Gasteiger charge is -2.26. The van der Waals surface area contributed by atoms with Crippen LogP contribution in [0.15, 0.2) is 18.5 Å². The van der Waals surface area contributed by atoms with E-state index in [1.807, 2.05) is 5.01 Å². The second-order valence-corrected chi connectivity index (χ2v) is 3.88. The van der Waals surface area contributed by atoms with Crippen LogP contribution in [0.2, 0.25) is 0 Å². The van der Waals surface area contributed by atoms with Crippen LogP contribution in [0.5, 0.6) is 5.75 Å². The molecule has 5 heteroatoms. The molecule has 0 radical (unpaired) electrons. The summed E-state index contributed by atoms with van der Waals surface area (Å²) in [6.45, 7) is 1.75. The number of rotatable bonds is 2.